The molecule has 5 rings (SSSR count). The maximum atomic E-state index is 13.6. The van der Waals surface area contributed by atoms with Crippen LogP contribution in [0.15, 0.2) is 82.9 Å². The fourth-order valence-electron chi connectivity index (χ4n) is 5.73. The third-order valence-electron chi connectivity index (χ3n) is 7.98. The molecule has 0 saturated heterocycles. The summed E-state index contributed by atoms with van der Waals surface area (Å²) in [6.07, 6.45) is -1.73. The number of quaternary nitrogens is 1. The molecule has 0 radical (unpaired) electrons. The lowest BCUT2D eigenvalue weighted by atomic mass is 9.88. The number of fused-ring (bicyclic) bond motifs is 1. The Morgan fingerprint density at radius 2 is 1.91 bits per heavy atom. The Labute approximate surface area is 257 Å². The number of ether oxygens (including phenoxy) is 1. The highest BCUT2D eigenvalue weighted by atomic mass is 19.4. The van der Waals surface area contributed by atoms with Crippen molar-refractivity contribution in [3.05, 3.63) is 111 Å². The van der Waals surface area contributed by atoms with Crippen molar-refractivity contribution in [1.29, 1.82) is 5.26 Å². The number of nitriles is 1. The molecule has 232 valence electrons. The summed E-state index contributed by atoms with van der Waals surface area (Å²) in [6.45, 7) is 2.26. The van der Waals surface area contributed by atoms with E-state index in [9.17, 15) is 28.0 Å². The number of aromatic nitrogens is 4. The predicted molar refractivity (Wildman–Crippen MR) is 162 cm³/mol. The van der Waals surface area contributed by atoms with Gasteiger partial charge in [0, 0.05) is 30.1 Å². The maximum absolute atomic E-state index is 13.6. The molecule has 1 aliphatic rings. The number of methoxy groups -OCH3 is 1. The van der Waals surface area contributed by atoms with E-state index in [0.29, 0.717) is 35.0 Å². The Hall–Kier alpha value is -5.22. The lowest BCUT2D eigenvalue weighted by Gasteiger charge is -2.36. The van der Waals surface area contributed by atoms with E-state index in [4.69, 9.17) is 4.74 Å². The number of rotatable bonds is 8. The fraction of sp³-hybridized carbons (Fsp3) is 0.281. The Kier molecular flexibility index (Phi) is 8.36. The molecule has 0 aliphatic carbocycles. The van der Waals surface area contributed by atoms with E-state index in [0.717, 1.165) is 23.5 Å². The van der Waals surface area contributed by atoms with E-state index < -0.39 is 29.4 Å². The minimum absolute atomic E-state index is 0.00209. The van der Waals surface area contributed by atoms with Gasteiger partial charge in [0.1, 0.15) is 6.04 Å². The zero-order valence-corrected chi connectivity index (χ0v) is 25.1. The number of carbonyl (C=O) groups is 1. The second-order valence-corrected chi connectivity index (χ2v) is 11.2. The summed E-state index contributed by atoms with van der Waals surface area (Å²) < 4.78 is 47.8. The van der Waals surface area contributed by atoms with Crippen LogP contribution in [0.3, 0.4) is 0 Å². The lowest BCUT2D eigenvalue weighted by Crippen LogP contribution is -2.42. The molecular formula is C32H31F3N7O3+. The average Bonchev–Trinajstić information content (AvgIpc) is 3.40. The third-order valence-corrected chi connectivity index (χ3v) is 7.98. The Bertz CT molecular complexity index is 1870. The molecule has 4 aromatic rings. The molecule has 45 heavy (non-hydrogen) atoms. The molecule has 1 aliphatic heterocycles. The van der Waals surface area contributed by atoms with E-state index in [-0.39, 0.29) is 22.9 Å². The number of alkyl halides is 3. The second kappa shape index (κ2) is 12.0. The normalized spacial score (nSPS) is 15.1. The first-order chi connectivity index (χ1) is 21.4. The van der Waals surface area contributed by atoms with E-state index in [1.807, 2.05) is 32.3 Å². The monoisotopic (exact) mass is 618 g/mol. The van der Waals surface area contributed by atoms with Crippen molar-refractivity contribution >= 4 is 23.4 Å². The van der Waals surface area contributed by atoms with Crippen molar-refractivity contribution in [2.45, 2.75) is 32.0 Å². The molecular weight excluding hydrogens is 587 g/mol. The molecule has 2 aromatic carbocycles. The summed E-state index contributed by atoms with van der Waals surface area (Å²) in [5, 5.41) is 16.3. The molecule has 2 aromatic heterocycles. The SMILES string of the molecule is COC(=O)C1=C(C)N(c2cccc(C(F)(F)F)c2)c2n[nH]c(=O)n2[C@@H]1c1ccc(C#N)cc1CCC[N+](C)(C)c1ccccn1. The van der Waals surface area contributed by atoms with Gasteiger partial charge >= 0.3 is 17.8 Å². The van der Waals surface area contributed by atoms with Gasteiger partial charge in [-0.2, -0.15) is 18.4 Å². The molecule has 1 atom stereocenters. The number of benzene rings is 2. The van der Waals surface area contributed by atoms with Crippen LogP contribution >= 0.6 is 0 Å². The van der Waals surface area contributed by atoms with Gasteiger partial charge < -0.3 is 4.74 Å². The zero-order valence-electron chi connectivity index (χ0n) is 25.1. The van der Waals surface area contributed by atoms with E-state index in [1.165, 1.54) is 28.7 Å². The number of H-pyrrole nitrogens is 1. The van der Waals surface area contributed by atoms with E-state index >= 15 is 0 Å². The smallest absolute Gasteiger partial charge is 0.416 e. The zero-order chi connectivity index (χ0) is 32.5. The molecule has 0 bridgehead atoms. The van der Waals surface area contributed by atoms with Crippen LogP contribution in [-0.2, 0) is 22.1 Å². The molecule has 0 amide bonds. The first kappa shape index (κ1) is 31.2. The minimum Gasteiger partial charge on any atom is -0.466 e. The number of carbonyl (C=O) groups excluding carboxylic acids is 1. The van der Waals surface area contributed by atoms with Crippen molar-refractivity contribution in [3.63, 3.8) is 0 Å². The highest BCUT2D eigenvalue weighted by molar-refractivity contribution is 5.93. The van der Waals surface area contributed by atoms with Crippen LogP contribution in [0.5, 0.6) is 0 Å². The first-order valence-electron chi connectivity index (χ1n) is 14.1. The lowest BCUT2D eigenvalue weighted by molar-refractivity contribution is -0.138. The Balaban J connectivity index is 1.63. The minimum atomic E-state index is -4.62. The highest BCUT2D eigenvalue weighted by Gasteiger charge is 2.41. The fourth-order valence-corrected chi connectivity index (χ4v) is 5.73. The number of halogens is 3. The van der Waals surface area contributed by atoms with Gasteiger partial charge in [0.2, 0.25) is 11.8 Å². The molecule has 0 spiro atoms. The van der Waals surface area contributed by atoms with Gasteiger partial charge in [-0.1, -0.05) is 18.2 Å². The maximum Gasteiger partial charge on any atom is 0.416 e. The molecule has 0 saturated carbocycles. The van der Waals surface area contributed by atoms with Gasteiger partial charge in [-0.05, 0) is 60.9 Å². The first-order valence-corrected chi connectivity index (χ1v) is 14.1. The van der Waals surface area contributed by atoms with Crippen LogP contribution < -0.4 is 15.1 Å². The van der Waals surface area contributed by atoms with Crippen LogP contribution in [-0.4, -0.2) is 53.5 Å². The quantitative estimate of drug-likeness (QED) is 0.212. The topological polar surface area (TPSA) is 117 Å². The molecule has 0 unspecified atom stereocenters. The third kappa shape index (κ3) is 5.97. The van der Waals surface area contributed by atoms with Crippen LogP contribution in [0.2, 0.25) is 0 Å². The summed E-state index contributed by atoms with van der Waals surface area (Å²) in [4.78, 5) is 32.6. The van der Waals surface area contributed by atoms with E-state index in [1.54, 1.807) is 31.3 Å². The highest BCUT2D eigenvalue weighted by Crippen LogP contribution is 2.43. The van der Waals surface area contributed by atoms with Crippen molar-refractivity contribution in [2.75, 3.05) is 32.6 Å². The predicted octanol–water partition coefficient (Wildman–Crippen LogP) is 5.24. The summed E-state index contributed by atoms with van der Waals surface area (Å²) in [6, 6.07) is 16.4. The standard InChI is InChI=1S/C32H30F3N7O3/c1-20-27(29(43)45-4)28(41-30(38-39-31(41)44)40(20)24-11-7-10-23(18-24)32(33,34)35)25-14-13-21(19-36)17-22(25)9-8-16-42(2,3)26-12-5-6-15-37-26/h5-7,10-15,17-18,28H,8-9,16H2,1-4H3/p+1/t28-/m1/s1. The number of hydrogen-bond acceptors (Lipinski definition) is 7. The largest absolute Gasteiger partial charge is 0.466 e. The summed E-state index contributed by atoms with van der Waals surface area (Å²) in [7, 11) is 5.27. The number of pyridine rings is 1. The van der Waals surface area contributed by atoms with Crippen molar-refractivity contribution < 1.29 is 22.7 Å². The van der Waals surface area contributed by atoms with Crippen molar-refractivity contribution in [1.82, 2.24) is 24.2 Å². The van der Waals surface area contributed by atoms with Crippen LogP contribution in [0.1, 0.15) is 41.6 Å². The molecule has 3 heterocycles. The number of anilines is 2. The van der Waals surface area contributed by atoms with Crippen LogP contribution in [0, 0.1) is 11.3 Å². The number of nitrogens with zero attached hydrogens (tertiary/aromatic N) is 6. The summed E-state index contributed by atoms with van der Waals surface area (Å²) >= 11 is 0. The van der Waals surface area contributed by atoms with Crippen LogP contribution in [0.25, 0.3) is 0 Å². The van der Waals surface area contributed by atoms with Gasteiger partial charge in [0.15, 0.2) is 0 Å². The number of hydrogen-bond donors (Lipinski definition) is 1. The number of esters is 1. The molecule has 1 N–H and O–H groups in total. The Morgan fingerprint density at radius 3 is 2.58 bits per heavy atom. The molecule has 0 fully saturated rings. The number of nitrogens with one attached hydrogen (secondary N) is 1. The number of aryl methyl sites for hydroxylation is 1. The van der Waals surface area contributed by atoms with Crippen molar-refractivity contribution in [2.24, 2.45) is 0 Å². The van der Waals surface area contributed by atoms with Crippen molar-refractivity contribution in [3.8, 4) is 6.07 Å². The Morgan fingerprint density at radius 1 is 1.13 bits per heavy atom. The summed E-state index contributed by atoms with van der Waals surface area (Å²) in [5.74, 6) is 0.112. The van der Waals surface area contributed by atoms with Gasteiger partial charge in [-0.25, -0.2) is 24.2 Å². The summed E-state index contributed by atoms with van der Waals surface area (Å²) in [5.41, 5.74) is 0.434. The van der Waals surface area contributed by atoms with Gasteiger partial charge in [-0.15, -0.1) is 5.10 Å². The average molecular weight is 619 g/mol. The van der Waals surface area contributed by atoms with Crippen LogP contribution in [0.4, 0.5) is 30.6 Å². The van der Waals surface area contributed by atoms with Gasteiger partial charge in [-0.3, -0.25) is 9.38 Å². The second-order valence-electron chi connectivity index (χ2n) is 11.2. The molecule has 13 heteroatoms. The number of allylic oxidation sites excluding steroid dienone is 1. The van der Waals surface area contributed by atoms with Gasteiger partial charge in [0.05, 0.1) is 50.5 Å². The number of aromatic amines is 1. The van der Waals surface area contributed by atoms with E-state index in [2.05, 4.69) is 21.3 Å². The molecule has 10 nitrogen and oxygen atoms in total. The van der Waals surface area contributed by atoms with Gasteiger partial charge in [0.25, 0.3) is 0 Å².